The highest BCUT2D eigenvalue weighted by molar-refractivity contribution is 5.46. The number of hydrogen-bond donors (Lipinski definition) is 1. The number of rotatable bonds is 3. The van der Waals surface area contributed by atoms with Gasteiger partial charge >= 0.3 is 0 Å². The fraction of sp³-hybridized carbons (Fsp3) is 0.250. The lowest BCUT2D eigenvalue weighted by atomic mass is 10.2. The smallest absolute Gasteiger partial charge is 0.144 e. The third-order valence-electron chi connectivity index (χ3n) is 2.55. The molecule has 2 rings (SSSR count). The third kappa shape index (κ3) is 1.79. The molecule has 0 aliphatic heterocycles. The quantitative estimate of drug-likeness (QED) is 0.850. The van der Waals surface area contributed by atoms with Crippen LogP contribution in [0.15, 0.2) is 30.5 Å². The molecule has 0 saturated heterocycles. The maximum Gasteiger partial charge on any atom is 0.144 e. The first-order valence-corrected chi connectivity index (χ1v) is 5.15. The van der Waals surface area contributed by atoms with E-state index in [2.05, 4.69) is 5.10 Å². The van der Waals surface area contributed by atoms with E-state index in [1.807, 2.05) is 37.4 Å². The minimum absolute atomic E-state index is 0.501. The predicted octanol–water partition coefficient (Wildman–Crippen LogP) is 1.65. The van der Waals surface area contributed by atoms with Crippen molar-refractivity contribution in [3.63, 3.8) is 0 Å². The van der Waals surface area contributed by atoms with Crippen LogP contribution in [0.25, 0.3) is 5.69 Å². The zero-order valence-corrected chi connectivity index (χ0v) is 9.47. The van der Waals surface area contributed by atoms with Crippen molar-refractivity contribution in [2.24, 2.45) is 5.73 Å². The summed E-state index contributed by atoms with van der Waals surface area (Å²) in [6, 6.07) is 7.76. The molecule has 0 radical (unpaired) electrons. The Balaban J connectivity index is 2.49. The van der Waals surface area contributed by atoms with Gasteiger partial charge in [-0.2, -0.15) is 5.10 Å². The second kappa shape index (κ2) is 4.37. The molecule has 0 aliphatic rings. The molecule has 2 N–H and O–H groups in total. The Morgan fingerprint density at radius 1 is 1.38 bits per heavy atom. The van der Waals surface area contributed by atoms with Crippen LogP contribution in [-0.4, -0.2) is 16.9 Å². The zero-order chi connectivity index (χ0) is 11.5. The molecular weight excluding hydrogens is 202 g/mol. The molecule has 2 aromatic rings. The second-order valence-corrected chi connectivity index (χ2v) is 3.56. The standard InChI is InChI=1S/C12H15N3O/c1-9-10(7-13)8-15(14-9)11-5-3-4-6-12(11)16-2/h3-6,8H,7,13H2,1-2H3. The van der Waals surface area contributed by atoms with Gasteiger partial charge in [-0.05, 0) is 19.1 Å². The SMILES string of the molecule is COc1ccccc1-n1cc(CN)c(C)n1. The molecule has 0 amide bonds. The van der Waals surface area contributed by atoms with Crippen molar-refractivity contribution in [2.45, 2.75) is 13.5 Å². The molecule has 1 aromatic carbocycles. The van der Waals surface area contributed by atoms with Gasteiger partial charge in [-0.15, -0.1) is 0 Å². The van der Waals surface area contributed by atoms with Crippen LogP contribution in [0.3, 0.4) is 0 Å². The van der Waals surface area contributed by atoms with Crippen LogP contribution < -0.4 is 10.5 Å². The molecule has 0 fully saturated rings. The van der Waals surface area contributed by atoms with E-state index in [0.717, 1.165) is 22.7 Å². The van der Waals surface area contributed by atoms with Gasteiger partial charge in [0.1, 0.15) is 11.4 Å². The summed E-state index contributed by atoms with van der Waals surface area (Å²) in [5, 5.41) is 4.42. The summed E-state index contributed by atoms with van der Waals surface area (Å²) in [4.78, 5) is 0. The molecule has 16 heavy (non-hydrogen) atoms. The van der Waals surface area contributed by atoms with Crippen LogP contribution in [-0.2, 0) is 6.54 Å². The largest absolute Gasteiger partial charge is 0.494 e. The Kier molecular flexibility index (Phi) is 2.92. The van der Waals surface area contributed by atoms with E-state index in [9.17, 15) is 0 Å². The minimum Gasteiger partial charge on any atom is -0.494 e. The van der Waals surface area contributed by atoms with Crippen molar-refractivity contribution in [3.8, 4) is 11.4 Å². The van der Waals surface area contributed by atoms with Crippen molar-refractivity contribution in [1.29, 1.82) is 0 Å². The van der Waals surface area contributed by atoms with Crippen molar-refractivity contribution in [3.05, 3.63) is 41.7 Å². The Morgan fingerprint density at radius 2 is 2.12 bits per heavy atom. The van der Waals surface area contributed by atoms with E-state index in [-0.39, 0.29) is 0 Å². The zero-order valence-electron chi connectivity index (χ0n) is 9.47. The van der Waals surface area contributed by atoms with E-state index in [0.29, 0.717) is 6.54 Å². The van der Waals surface area contributed by atoms with Crippen LogP contribution in [0.4, 0.5) is 0 Å². The highest BCUT2D eigenvalue weighted by atomic mass is 16.5. The number of para-hydroxylation sites is 2. The van der Waals surface area contributed by atoms with Gasteiger partial charge in [0.25, 0.3) is 0 Å². The fourth-order valence-corrected chi connectivity index (χ4v) is 1.64. The van der Waals surface area contributed by atoms with Gasteiger partial charge in [0, 0.05) is 18.3 Å². The van der Waals surface area contributed by atoms with Crippen LogP contribution >= 0.6 is 0 Å². The predicted molar refractivity (Wildman–Crippen MR) is 62.7 cm³/mol. The Hall–Kier alpha value is -1.81. The summed E-state index contributed by atoms with van der Waals surface area (Å²) in [7, 11) is 1.65. The maximum absolute atomic E-state index is 5.63. The number of aryl methyl sites for hydroxylation is 1. The number of aromatic nitrogens is 2. The number of hydrogen-bond acceptors (Lipinski definition) is 3. The Bertz CT molecular complexity index is 491. The third-order valence-corrected chi connectivity index (χ3v) is 2.55. The Labute approximate surface area is 94.6 Å². The summed E-state index contributed by atoms with van der Waals surface area (Å²) < 4.78 is 7.09. The summed E-state index contributed by atoms with van der Waals surface area (Å²) in [6.45, 7) is 2.45. The van der Waals surface area contributed by atoms with Crippen LogP contribution in [0, 0.1) is 6.92 Å². The molecule has 0 saturated carbocycles. The highest BCUT2D eigenvalue weighted by Crippen LogP contribution is 2.22. The summed E-state index contributed by atoms with van der Waals surface area (Å²) in [5.41, 5.74) is 8.55. The number of nitrogens with zero attached hydrogens (tertiary/aromatic N) is 2. The molecule has 84 valence electrons. The fourth-order valence-electron chi connectivity index (χ4n) is 1.64. The highest BCUT2D eigenvalue weighted by Gasteiger charge is 2.08. The first kappa shape index (κ1) is 10.7. The van der Waals surface area contributed by atoms with Gasteiger partial charge in [0.2, 0.25) is 0 Å². The first-order chi connectivity index (χ1) is 7.76. The number of methoxy groups -OCH3 is 1. The van der Waals surface area contributed by atoms with E-state index < -0.39 is 0 Å². The average molecular weight is 217 g/mol. The van der Waals surface area contributed by atoms with Crippen LogP contribution in [0.5, 0.6) is 5.75 Å². The lowest BCUT2D eigenvalue weighted by molar-refractivity contribution is 0.411. The van der Waals surface area contributed by atoms with E-state index in [4.69, 9.17) is 10.5 Å². The molecule has 1 aromatic heterocycles. The van der Waals surface area contributed by atoms with Gasteiger partial charge in [0.15, 0.2) is 0 Å². The van der Waals surface area contributed by atoms with Crippen molar-refractivity contribution in [2.75, 3.05) is 7.11 Å². The minimum atomic E-state index is 0.501. The van der Waals surface area contributed by atoms with Crippen LogP contribution in [0.1, 0.15) is 11.3 Å². The van der Waals surface area contributed by atoms with E-state index in [1.54, 1.807) is 11.8 Å². The molecule has 4 heteroatoms. The number of ether oxygens (including phenoxy) is 1. The summed E-state index contributed by atoms with van der Waals surface area (Å²) in [6.07, 6.45) is 1.94. The topological polar surface area (TPSA) is 53.1 Å². The van der Waals surface area contributed by atoms with Gasteiger partial charge in [-0.1, -0.05) is 12.1 Å². The monoisotopic (exact) mass is 217 g/mol. The molecular formula is C12H15N3O. The second-order valence-electron chi connectivity index (χ2n) is 3.56. The normalized spacial score (nSPS) is 10.4. The number of benzene rings is 1. The molecule has 1 heterocycles. The van der Waals surface area contributed by atoms with E-state index >= 15 is 0 Å². The van der Waals surface area contributed by atoms with Gasteiger partial charge in [-0.3, -0.25) is 0 Å². The summed E-state index contributed by atoms with van der Waals surface area (Å²) in [5.74, 6) is 0.800. The van der Waals surface area contributed by atoms with Crippen molar-refractivity contribution in [1.82, 2.24) is 9.78 Å². The van der Waals surface area contributed by atoms with Gasteiger partial charge in [-0.25, -0.2) is 4.68 Å². The lowest BCUT2D eigenvalue weighted by Crippen LogP contribution is -1.98. The molecule has 0 spiro atoms. The lowest BCUT2D eigenvalue weighted by Gasteiger charge is -2.07. The Morgan fingerprint density at radius 3 is 2.75 bits per heavy atom. The van der Waals surface area contributed by atoms with E-state index in [1.165, 1.54) is 0 Å². The van der Waals surface area contributed by atoms with Gasteiger partial charge in [0.05, 0.1) is 12.8 Å². The van der Waals surface area contributed by atoms with Gasteiger partial charge < -0.3 is 10.5 Å². The molecule has 0 atom stereocenters. The van der Waals surface area contributed by atoms with Crippen LogP contribution in [0.2, 0.25) is 0 Å². The molecule has 0 aliphatic carbocycles. The first-order valence-electron chi connectivity index (χ1n) is 5.15. The molecule has 0 bridgehead atoms. The summed E-state index contributed by atoms with van der Waals surface area (Å²) >= 11 is 0. The molecule has 0 unspecified atom stereocenters. The molecule has 4 nitrogen and oxygen atoms in total. The average Bonchev–Trinajstić information content (AvgIpc) is 2.70. The van der Waals surface area contributed by atoms with Crippen molar-refractivity contribution >= 4 is 0 Å². The maximum atomic E-state index is 5.63. The van der Waals surface area contributed by atoms with Crippen molar-refractivity contribution < 1.29 is 4.74 Å². The number of nitrogens with two attached hydrogens (primary N) is 1.